The fourth-order valence-corrected chi connectivity index (χ4v) is 5.89. The van der Waals surface area contributed by atoms with Crippen LogP contribution in [0.3, 0.4) is 0 Å². The van der Waals surface area contributed by atoms with Gasteiger partial charge in [0.1, 0.15) is 0 Å². The molecule has 11 heteroatoms. The molecule has 1 atom stereocenters. The molecule has 1 aliphatic heterocycles. The van der Waals surface area contributed by atoms with Gasteiger partial charge in [0.25, 0.3) is 15.9 Å². The molecule has 4 rings (SSSR count). The molecule has 0 bridgehead atoms. The molecule has 0 unspecified atom stereocenters. The summed E-state index contributed by atoms with van der Waals surface area (Å²) >= 11 is 6.62. The van der Waals surface area contributed by atoms with Crippen molar-refractivity contribution >= 4 is 49.7 Å². The Morgan fingerprint density at radius 1 is 1.03 bits per heavy atom. The molecule has 0 aliphatic carbocycles. The first-order valence-corrected chi connectivity index (χ1v) is 13.3. The minimum Gasteiger partial charge on any atom is -0.372 e. The second-order valence-corrected chi connectivity index (χ2v) is 11.1. The number of sulfonamides is 1. The second kappa shape index (κ2) is 10.2. The van der Waals surface area contributed by atoms with Crippen molar-refractivity contribution in [3.63, 3.8) is 0 Å². The number of aromatic nitrogens is 2. The standard InChI is InChI=1S/C22H24ClN5O3S2/c1-15(16-7-11-19(12-8-16)28-13-3-2-4-14-28)27-33(30,31)22-26-25-21(32-22)24-20(29)17-5-9-18(23)10-6-17/h5-12,15,27H,2-4,13-14H2,1H3,(H,24,25,29)/t15-/m1/s1. The van der Waals surface area contributed by atoms with Gasteiger partial charge in [0.15, 0.2) is 0 Å². The van der Waals surface area contributed by atoms with Gasteiger partial charge < -0.3 is 4.90 Å². The number of benzene rings is 2. The maximum atomic E-state index is 12.8. The molecule has 0 spiro atoms. The Morgan fingerprint density at radius 3 is 2.36 bits per heavy atom. The molecular weight excluding hydrogens is 482 g/mol. The molecule has 2 heterocycles. The highest BCUT2D eigenvalue weighted by Crippen LogP contribution is 2.25. The van der Waals surface area contributed by atoms with Crippen LogP contribution >= 0.6 is 22.9 Å². The van der Waals surface area contributed by atoms with E-state index in [1.165, 1.54) is 19.3 Å². The highest BCUT2D eigenvalue weighted by atomic mass is 35.5. The third kappa shape index (κ3) is 5.89. The molecule has 1 amide bonds. The maximum Gasteiger partial charge on any atom is 0.270 e. The molecule has 1 aromatic heterocycles. The summed E-state index contributed by atoms with van der Waals surface area (Å²) in [5, 5.41) is 10.7. The zero-order valence-corrected chi connectivity index (χ0v) is 20.4. The Bertz CT molecular complexity index is 1210. The first kappa shape index (κ1) is 23.6. The smallest absolute Gasteiger partial charge is 0.270 e. The molecular formula is C22H24ClN5O3S2. The Balaban J connectivity index is 1.39. The van der Waals surface area contributed by atoms with Crippen LogP contribution in [-0.4, -0.2) is 37.6 Å². The van der Waals surface area contributed by atoms with Crippen LogP contribution in [0, 0.1) is 0 Å². The lowest BCUT2D eigenvalue weighted by Crippen LogP contribution is -2.29. The summed E-state index contributed by atoms with van der Waals surface area (Å²) in [6.07, 6.45) is 3.66. The van der Waals surface area contributed by atoms with Gasteiger partial charge in [0, 0.05) is 35.4 Å². The van der Waals surface area contributed by atoms with Crippen LogP contribution in [0.15, 0.2) is 52.9 Å². The Hall–Kier alpha value is -2.53. The number of amides is 1. The first-order chi connectivity index (χ1) is 15.8. The molecule has 1 saturated heterocycles. The zero-order chi connectivity index (χ0) is 23.4. The van der Waals surface area contributed by atoms with E-state index in [0.717, 1.165) is 35.7 Å². The van der Waals surface area contributed by atoms with Gasteiger partial charge in [-0.3, -0.25) is 10.1 Å². The van der Waals surface area contributed by atoms with Gasteiger partial charge in [-0.25, -0.2) is 13.1 Å². The predicted octanol–water partition coefficient (Wildman–Crippen LogP) is 4.47. The zero-order valence-electron chi connectivity index (χ0n) is 18.0. The summed E-state index contributed by atoms with van der Waals surface area (Å²) in [7, 11) is -3.91. The second-order valence-electron chi connectivity index (χ2n) is 7.82. The van der Waals surface area contributed by atoms with E-state index in [0.29, 0.717) is 10.6 Å². The van der Waals surface area contributed by atoms with E-state index >= 15 is 0 Å². The normalized spacial score (nSPS) is 15.3. The fraction of sp³-hybridized carbons (Fsp3) is 0.318. The van der Waals surface area contributed by atoms with Crippen LogP contribution in [-0.2, 0) is 10.0 Å². The highest BCUT2D eigenvalue weighted by Gasteiger charge is 2.24. The van der Waals surface area contributed by atoms with Crippen molar-refractivity contribution in [1.82, 2.24) is 14.9 Å². The van der Waals surface area contributed by atoms with E-state index in [-0.39, 0.29) is 9.47 Å². The molecule has 3 aromatic rings. The summed E-state index contributed by atoms with van der Waals surface area (Å²) in [6, 6.07) is 13.8. The van der Waals surface area contributed by atoms with Crippen LogP contribution in [0.25, 0.3) is 0 Å². The van der Waals surface area contributed by atoms with Crippen molar-refractivity contribution in [1.29, 1.82) is 0 Å². The number of carbonyl (C=O) groups is 1. The lowest BCUT2D eigenvalue weighted by Gasteiger charge is -2.29. The van der Waals surface area contributed by atoms with Gasteiger partial charge >= 0.3 is 0 Å². The minimum atomic E-state index is -3.91. The van der Waals surface area contributed by atoms with E-state index in [1.54, 1.807) is 31.2 Å². The molecule has 1 aliphatic rings. The monoisotopic (exact) mass is 505 g/mol. The molecule has 8 nitrogen and oxygen atoms in total. The minimum absolute atomic E-state index is 0.0915. The van der Waals surface area contributed by atoms with Gasteiger partial charge in [-0.1, -0.05) is 35.1 Å². The van der Waals surface area contributed by atoms with E-state index in [9.17, 15) is 13.2 Å². The number of nitrogens with one attached hydrogen (secondary N) is 2. The topological polar surface area (TPSA) is 104 Å². The fourth-order valence-electron chi connectivity index (χ4n) is 3.62. The third-order valence-corrected chi connectivity index (χ3v) is 8.41. The van der Waals surface area contributed by atoms with Gasteiger partial charge in [-0.15, -0.1) is 10.2 Å². The highest BCUT2D eigenvalue weighted by molar-refractivity contribution is 7.91. The number of halogens is 1. The summed E-state index contributed by atoms with van der Waals surface area (Å²) in [6.45, 7) is 3.88. The number of nitrogens with zero attached hydrogens (tertiary/aromatic N) is 3. The molecule has 2 aromatic carbocycles. The largest absolute Gasteiger partial charge is 0.372 e. The van der Waals surface area contributed by atoms with Crippen LogP contribution in [0.2, 0.25) is 5.02 Å². The number of hydrogen-bond acceptors (Lipinski definition) is 7. The average Bonchev–Trinajstić information content (AvgIpc) is 3.29. The number of carbonyl (C=O) groups excluding carboxylic acids is 1. The van der Waals surface area contributed by atoms with Gasteiger partial charge in [-0.2, -0.15) is 0 Å². The lowest BCUT2D eigenvalue weighted by molar-refractivity contribution is 0.102. The SMILES string of the molecule is C[C@@H](NS(=O)(=O)c1nnc(NC(=O)c2ccc(Cl)cc2)s1)c1ccc(N2CCCCC2)cc1. The Kier molecular flexibility index (Phi) is 7.28. The van der Waals surface area contributed by atoms with E-state index in [1.807, 2.05) is 24.3 Å². The van der Waals surface area contributed by atoms with Gasteiger partial charge in [0.2, 0.25) is 9.47 Å². The predicted molar refractivity (Wildman–Crippen MR) is 131 cm³/mol. The number of piperidine rings is 1. The van der Waals surface area contributed by atoms with Crippen LogP contribution in [0.4, 0.5) is 10.8 Å². The van der Waals surface area contributed by atoms with E-state index in [2.05, 4.69) is 25.1 Å². The Labute approximate surface area is 202 Å². The van der Waals surface area contributed by atoms with Crippen molar-refractivity contribution < 1.29 is 13.2 Å². The first-order valence-electron chi connectivity index (χ1n) is 10.6. The molecule has 33 heavy (non-hydrogen) atoms. The van der Waals surface area contributed by atoms with E-state index < -0.39 is 22.0 Å². The summed E-state index contributed by atoms with van der Waals surface area (Å²) in [5.41, 5.74) is 2.37. The van der Waals surface area contributed by atoms with E-state index in [4.69, 9.17) is 11.6 Å². The van der Waals surface area contributed by atoms with Crippen molar-refractivity contribution in [2.24, 2.45) is 0 Å². The van der Waals surface area contributed by atoms with Crippen molar-refractivity contribution in [3.8, 4) is 0 Å². The van der Waals surface area contributed by atoms with Gasteiger partial charge in [0.05, 0.1) is 0 Å². The number of rotatable bonds is 7. The van der Waals surface area contributed by atoms with Crippen LogP contribution in [0.5, 0.6) is 0 Å². The van der Waals surface area contributed by atoms with Crippen molar-refractivity contribution in [3.05, 3.63) is 64.7 Å². The summed E-state index contributed by atoms with van der Waals surface area (Å²) in [5.74, 6) is -0.429. The third-order valence-electron chi connectivity index (χ3n) is 5.41. The number of hydrogen-bond donors (Lipinski definition) is 2. The molecule has 0 saturated carbocycles. The molecule has 174 valence electrons. The van der Waals surface area contributed by atoms with Crippen LogP contribution in [0.1, 0.15) is 48.1 Å². The Morgan fingerprint density at radius 2 is 1.70 bits per heavy atom. The van der Waals surface area contributed by atoms with Gasteiger partial charge in [-0.05, 0) is 68.1 Å². The summed E-state index contributed by atoms with van der Waals surface area (Å²) < 4.78 is 28.0. The molecule has 0 radical (unpaired) electrons. The summed E-state index contributed by atoms with van der Waals surface area (Å²) in [4.78, 5) is 14.7. The average molecular weight is 506 g/mol. The molecule has 1 fully saturated rings. The lowest BCUT2D eigenvalue weighted by atomic mass is 10.1. The quantitative estimate of drug-likeness (QED) is 0.459. The maximum absolute atomic E-state index is 12.8. The van der Waals surface area contributed by atoms with Crippen molar-refractivity contribution in [2.75, 3.05) is 23.3 Å². The van der Waals surface area contributed by atoms with Crippen molar-refractivity contribution in [2.45, 2.75) is 36.6 Å². The van der Waals surface area contributed by atoms with Crippen LogP contribution < -0.4 is 14.9 Å². The molecule has 2 N–H and O–H groups in total. The number of anilines is 2.